The van der Waals surface area contributed by atoms with Crippen LogP contribution in [0.4, 0.5) is 0 Å². The van der Waals surface area contributed by atoms with Crippen molar-refractivity contribution >= 4 is 21.4 Å². The number of rotatable bonds is 0. The molecule has 18 heavy (non-hydrogen) atoms. The highest BCUT2D eigenvalue weighted by Gasteiger charge is 2.30. The van der Waals surface area contributed by atoms with Crippen molar-refractivity contribution in [2.75, 3.05) is 7.05 Å². The number of benzene rings is 1. The number of likely N-dealkylation sites (N-methyl/N-ethyl adjacent to an activating group) is 1. The van der Waals surface area contributed by atoms with E-state index in [1.807, 2.05) is 11.3 Å². The molecule has 1 aliphatic heterocycles. The zero-order chi connectivity index (χ0) is 13.0. The van der Waals surface area contributed by atoms with E-state index >= 15 is 0 Å². The molecule has 0 aliphatic carbocycles. The lowest BCUT2D eigenvalue weighted by Crippen LogP contribution is -2.37. The van der Waals surface area contributed by atoms with Crippen molar-refractivity contribution in [3.05, 3.63) is 33.7 Å². The molecule has 2 unspecified atom stereocenters. The first-order valence-corrected chi connectivity index (χ1v) is 7.55. The lowest BCUT2D eigenvalue weighted by molar-refractivity contribution is 0.183. The number of thiophene rings is 1. The van der Waals surface area contributed by atoms with Crippen molar-refractivity contribution in [1.82, 2.24) is 4.90 Å². The van der Waals surface area contributed by atoms with Crippen LogP contribution in [0.15, 0.2) is 12.1 Å². The quantitative estimate of drug-likeness (QED) is 0.675. The Morgan fingerprint density at radius 1 is 1.17 bits per heavy atom. The van der Waals surface area contributed by atoms with E-state index in [9.17, 15) is 0 Å². The van der Waals surface area contributed by atoms with Crippen molar-refractivity contribution in [2.45, 2.75) is 46.2 Å². The summed E-state index contributed by atoms with van der Waals surface area (Å²) >= 11 is 2.01. The van der Waals surface area contributed by atoms with Gasteiger partial charge in [-0.25, -0.2) is 0 Å². The minimum Gasteiger partial charge on any atom is -0.296 e. The molecular formula is C16H21NS. The molecule has 0 saturated heterocycles. The summed E-state index contributed by atoms with van der Waals surface area (Å²) in [6.07, 6.45) is 1.19. The molecule has 2 aromatic rings. The molecule has 2 heteroatoms. The van der Waals surface area contributed by atoms with E-state index < -0.39 is 0 Å². The van der Waals surface area contributed by atoms with Crippen LogP contribution in [-0.4, -0.2) is 18.0 Å². The lowest BCUT2D eigenvalue weighted by Gasteiger charge is -2.35. The van der Waals surface area contributed by atoms with Gasteiger partial charge in [0.15, 0.2) is 0 Å². The van der Waals surface area contributed by atoms with Crippen molar-refractivity contribution in [3.63, 3.8) is 0 Å². The summed E-state index contributed by atoms with van der Waals surface area (Å²) in [5, 5.41) is 1.54. The summed E-state index contributed by atoms with van der Waals surface area (Å²) in [4.78, 5) is 4.09. The first kappa shape index (κ1) is 12.2. The van der Waals surface area contributed by atoms with E-state index in [2.05, 4.69) is 51.8 Å². The van der Waals surface area contributed by atoms with Gasteiger partial charge in [-0.2, -0.15) is 0 Å². The Bertz CT molecular complexity index is 611. The van der Waals surface area contributed by atoms with E-state index in [1.165, 1.54) is 22.2 Å². The third kappa shape index (κ3) is 1.55. The van der Waals surface area contributed by atoms with Crippen LogP contribution >= 0.6 is 11.3 Å². The van der Waals surface area contributed by atoms with Gasteiger partial charge in [0.1, 0.15) is 0 Å². The van der Waals surface area contributed by atoms with Crippen molar-refractivity contribution < 1.29 is 0 Å². The van der Waals surface area contributed by atoms with Gasteiger partial charge in [0.05, 0.1) is 0 Å². The van der Waals surface area contributed by atoms with E-state index in [-0.39, 0.29) is 0 Å². The average molecular weight is 259 g/mol. The first-order chi connectivity index (χ1) is 8.50. The van der Waals surface area contributed by atoms with E-state index in [0.29, 0.717) is 12.1 Å². The largest absolute Gasteiger partial charge is 0.296 e. The normalized spacial score (nSPS) is 24.5. The molecule has 1 aliphatic rings. The fourth-order valence-electron chi connectivity index (χ4n) is 3.13. The van der Waals surface area contributed by atoms with Gasteiger partial charge in [-0.3, -0.25) is 4.90 Å². The Labute approximate surface area is 113 Å². The molecule has 96 valence electrons. The van der Waals surface area contributed by atoms with Crippen molar-refractivity contribution in [1.29, 1.82) is 0 Å². The van der Waals surface area contributed by atoms with Crippen molar-refractivity contribution in [2.24, 2.45) is 0 Å². The van der Waals surface area contributed by atoms with E-state index in [0.717, 1.165) is 0 Å². The molecule has 2 heterocycles. The molecule has 1 aromatic carbocycles. The van der Waals surface area contributed by atoms with Crippen LogP contribution in [0.2, 0.25) is 0 Å². The molecule has 2 atom stereocenters. The maximum absolute atomic E-state index is 2.50. The van der Waals surface area contributed by atoms with Crippen LogP contribution in [0, 0.1) is 13.8 Å². The fraction of sp³-hybridized carbons (Fsp3) is 0.500. The van der Waals surface area contributed by atoms with E-state index in [4.69, 9.17) is 0 Å². The number of nitrogens with zero attached hydrogens (tertiary/aromatic N) is 1. The molecule has 0 spiro atoms. The van der Waals surface area contributed by atoms with Crippen molar-refractivity contribution in [3.8, 4) is 0 Å². The van der Waals surface area contributed by atoms with Gasteiger partial charge in [0.25, 0.3) is 0 Å². The average Bonchev–Trinajstić information content (AvgIpc) is 2.72. The zero-order valence-electron chi connectivity index (χ0n) is 11.9. The van der Waals surface area contributed by atoms with Gasteiger partial charge in [-0.15, -0.1) is 11.3 Å². The molecule has 0 saturated carbocycles. The Morgan fingerprint density at radius 2 is 1.83 bits per heavy atom. The second kappa shape index (κ2) is 4.07. The van der Waals surface area contributed by atoms with Gasteiger partial charge >= 0.3 is 0 Å². The van der Waals surface area contributed by atoms with Crippen LogP contribution < -0.4 is 0 Å². The molecule has 1 nitrogen and oxygen atoms in total. The fourth-order valence-corrected chi connectivity index (χ4v) is 4.61. The van der Waals surface area contributed by atoms with Gasteiger partial charge in [-0.05, 0) is 63.2 Å². The second-order valence-corrected chi connectivity index (χ2v) is 6.80. The summed E-state index contributed by atoms with van der Waals surface area (Å²) in [6.45, 7) is 9.17. The summed E-state index contributed by atoms with van der Waals surface area (Å²) in [5.41, 5.74) is 4.49. The summed E-state index contributed by atoms with van der Waals surface area (Å²) in [7, 11) is 2.25. The predicted octanol–water partition coefficient (Wildman–Crippen LogP) is 4.46. The van der Waals surface area contributed by atoms with Crippen LogP contribution in [-0.2, 0) is 6.42 Å². The Hall–Kier alpha value is -0.860. The highest BCUT2D eigenvalue weighted by Crippen LogP contribution is 2.44. The Balaban J connectivity index is 2.34. The first-order valence-electron chi connectivity index (χ1n) is 6.74. The van der Waals surface area contributed by atoms with Gasteiger partial charge in [0, 0.05) is 21.7 Å². The molecular weight excluding hydrogens is 238 g/mol. The summed E-state index contributed by atoms with van der Waals surface area (Å²) in [5.74, 6) is 0. The van der Waals surface area contributed by atoms with Crippen LogP contribution in [0.1, 0.15) is 41.5 Å². The Morgan fingerprint density at radius 3 is 2.56 bits per heavy atom. The molecule has 0 amide bonds. The maximum Gasteiger partial charge on any atom is 0.0416 e. The molecule has 3 rings (SSSR count). The smallest absolute Gasteiger partial charge is 0.0416 e. The van der Waals surface area contributed by atoms with Gasteiger partial charge in [0.2, 0.25) is 0 Å². The molecule has 0 radical (unpaired) electrons. The highest BCUT2D eigenvalue weighted by molar-refractivity contribution is 7.19. The maximum atomic E-state index is 2.50. The summed E-state index contributed by atoms with van der Waals surface area (Å²) < 4.78 is 1.51. The minimum atomic E-state index is 0.556. The standard InChI is InChI=1S/C16H21NS/c1-9-6-7-10(2)15-14(9)13-8-11(3)17(5)12(4)16(13)18-15/h6-7,11-12H,8H2,1-5H3. The monoisotopic (exact) mass is 259 g/mol. The third-order valence-electron chi connectivity index (χ3n) is 4.56. The molecule has 1 aromatic heterocycles. The number of fused-ring (bicyclic) bond motifs is 3. The second-order valence-electron chi connectivity index (χ2n) is 5.74. The summed E-state index contributed by atoms with van der Waals surface area (Å²) in [6, 6.07) is 5.74. The Kier molecular flexibility index (Phi) is 2.76. The van der Waals surface area contributed by atoms with Crippen LogP contribution in [0.3, 0.4) is 0 Å². The zero-order valence-corrected chi connectivity index (χ0v) is 12.7. The lowest BCUT2D eigenvalue weighted by atomic mass is 9.92. The van der Waals surface area contributed by atoms with Gasteiger partial charge in [-0.1, -0.05) is 12.1 Å². The van der Waals surface area contributed by atoms with Gasteiger partial charge < -0.3 is 0 Å². The molecule has 0 bridgehead atoms. The minimum absolute atomic E-state index is 0.556. The van der Waals surface area contributed by atoms with Crippen LogP contribution in [0.5, 0.6) is 0 Å². The highest BCUT2D eigenvalue weighted by atomic mass is 32.1. The van der Waals surface area contributed by atoms with E-state index in [1.54, 1.807) is 15.8 Å². The number of hydrogen-bond acceptors (Lipinski definition) is 2. The number of aryl methyl sites for hydroxylation is 2. The number of hydrogen-bond donors (Lipinski definition) is 0. The third-order valence-corrected chi connectivity index (χ3v) is 6.10. The predicted molar refractivity (Wildman–Crippen MR) is 80.6 cm³/mol. The SMILES string of the molecule is Cc1ccc(C)c2c3c(sc12)C(C)N(C)C(C)C3. The van der Waals surface area contributed by atoms with Crippen LogP contribution in [0.25, 0.3) is 10.1 Å². The molecule has 0 N–H and O–H groups in total. The topological polar surface area (TPSA) is 3.24 Å². The molecule has 0 fully saturated rings.